The van der Waals surface area contributed by atoms with E-state index in [4.69, 9.17) is 0 Å². The zero-order valence-electron chi connectivity index (χ0n) is 15.2. The van der Waals surface area contributed by atoms with Crippen LogP contribution in [0, 0.1) is 13.8 Å². The van der Waals surface area contributed by atoms with E-state index in [2.05, 4.69) is 20.6 Å². The van der Waals surface area contributed by atoms with Crippen LogP contribution < -0.4 is 10.6 Å². The van der Waals surface area contributed by atoms with Crippen LogP contribution in [0.1, 0.15) is 35.3 Å². The highest BCUT2D eigenvalue weighted by Gasteiger charge is 2.27. The van der Waals surface area contributed by atoms with Gasteiger partial charge in [0.1, 0.15) is 0 Å². The summed E-state index contributed by atoms with van der Waals surface area (Å²) in [6.07, 6.45) is 1.58. The second kappa shape index (κ2) is 10.0. The van der Waals surface area contributed by atoms with Crippen LogP contribution in [0.3, 0.4) is 0 Å². The average molecular weight is 501 g/mol. The molecule has 144 valence electrons. The number of thiazole rings is 1. The molecule has 1 aliphatic rings. The molecule has 10 heteroatoms. The first kappa shape index (κ1) is 22.6. The van der Waals surface area contributed by atoms with E-state index in [1.165, 1.54) is 4.88 Å². The van der Waals surface area contributed by atoms with Crippen LogP contribution in [0.5, 0.6) is 0 Å². The Hall–Kier alpha value is -0.460. The van der Waals surface area contributed by atoms with Crippen molar-refractivity contribution in [2.45, 2.75) is 46.2 Å². The summed E-state index contributed by atoms with van der Waals surface area (Å²) >= 11 is 1.69. The molecule has 0 atom stereocenters. The van der Waals surface area contributed by atoms with Crippen molar-refractivity contribution >= 4 is 51.3 Å². The zero-order valence-corrected chi connectivity index (χ0v) is 19.2. The summed E-state index contributed by atoms with van der Waals surface area (Å²) in [7, 11) is -1.33. The maximum absolute atomic E-state index is 11.9. The topological polar surface area (TPSA) is 86.7 Å². The average Bonchev–Trinajstić information content (AvgIpc) is 2.89. The lowest BCUT2D eigenvalue weighted by Gasteiger charge is -2.32. The van der Waals surface area contributed by atoms with Gasteiger partial charge in [0.05, 0.1) is 23.0 Å². The maximum Gasteiger partial charge on any atom is 0.213 e. The van der Waals surface area contributed by atoms with Crippen molar-refractivity contribution in [3.8, 4) is 0 Å². The molecule has 0 aromatic carbocycles. The van der Waals surface area contributed by atoms with Crippen LogP contribution in [0.2, 0.25) is 0 Å². The summed E-state index contributed by atoms with van der Waals surface area (Å²) in [5, 5.41) is 7.78. The van der Waals surface area contributed by atoms with Crippen molar-refractivity contribution in [2.24, 2.45) is 4.99 Å². The molecule has 0 amide bonds. The van der Waals surface area contributed by atoms with Crippen LogP contribution in [-0.2, 0) is 16.6 Å². The fraction of sp³-hybridized carbons (Fsp3) is 0.733. The predicted molar refractivity (Wildman–Crippen MR) is 114 cm³/mol. The standard InChI is InChI=1S/C15H27N5O2S2.HI/c1-5-24(21,22)20-8-6-13(7-9-20)19-15(16-4)17-10-14-11(2)18-12(3)23-14;/h13H,5-10H2,1-4H3,(H2,16,17,19);1H. The highest BCUT2D eigenvalue weighted by Crippen LogP contribution is 2.17. The summed E-state index contributed by atoms with van der Waals surface area (Å²) in [5.74, 6) is 0.916. The molecule has 2 N–H and O–H groups in total. The van der Waals surface area contributed by atoms with E-state index < -0.39 is 10.0 Å². The SMILES string of the molecule is CCS(=O)(=O)N1CCC(NC(=NC)NCc2sc(C)nc2C)CC1.I. The van der Waals surface area contributed by atoms with Crippen molar-refractivity contribution < 1.29 is 8.42 Å². The van der Waals surface area contributed by atoms with Crippen molar-refractivity contribution in [1.29, 1.82) is 0 Å². The maximum atomic E-state index is 11.9. The number of aliphatic imine (C=N–C) groups is 1. The van der Waals surface area contributed by atoms with Gasteiger partial charge < -0.3 is 10.6 Å². The summed E-state index contributed by atoms with van der Waals surface area (Å²) in [6, 6.07) is 0.240. The summed E-state index contributed by atoms with van der Waals surface area (Å²) in [5.41, 5.74) is 1.05. The van der Waals surface area contributed by atoms with E-state index in [0.29, 0.717) is 19.6 Å². The van der Waals surface area contributed by atoms with Gasteiger partial charge in [0.25, 0.3) is 0 Å². The Labute approximate surface area is 171 Å². The zero-order chi connectivity index (χ0) is 17.7. The molecule has 1 fully saturated rings. The first-order valence-electron chi connectivity index (χ1n) is 8.23. The van der Waals surface area contributed by atoms with Gasteiger partial charge in [-0.25, -0.2) is 17.7 Å². The Bertz CT molecular complexity index is 682. The second-order valence-electron chi connectivity index (χ2n) is 5.89. The lowest BCUT2D eigenvalue weighted by atomic mass is 10.1. The van der Waals surface area contributed by atoms with Crippen molar-refractivity contribution in [3.63, 3.8) is 0 Å². The molecule has 25 heavy (non-hydrogen) atoms. The monoisotopic (exact) mass is 501 g/mol. The minimum atomic E-state index is -3.07. The molecular formula is C15H28IN5O2S2. The van der Waals surface area contributed by atoms with Gasteiger partial charge in [-0.05, 0) is 33.6 Å². The van der Waals surface area contributed by atoms with Crippen molar-refractivity contribution in [1.82, 2.24) is 19.9 Å². The van der Waals surface area contributed by atoms with Crippen LogP contribution in [0.4, 0.5) is 0 Å². The molecule has 1 aromatic heterocycles. The fourth-order valence-electron chi connectivity index (χ4n) is 2.75. The van der Waals surface area contributed by atoms with E-state index >= 15 is 0 Å². The van der Waals surface area contributed by atoms with Crippen LogP contribution >= 0.6 is 35.3 Å². The third-order valence-corrected chi connectivity index (χ3v) is 7.15. The quantitative estimate of drug-likeness (QED) is 0.366. The van der Waals surface area contributed by atoms with Gasteiger partial charge in [-0.3, -0.25) is 4.99 Å². The van der Waals surface area contributed by atoms with Crippen LogP contribution in [0.25, 0.3) is 0 Å². The molecule has 1 aromatic rings. The Morgan fingerprint density at radius 1 is 1.36 bits per heavy atom. The number of hydrogen-bond acceptors (Lipinski definition) is 5. The van der Waals surface area contributed by atoms with Gasteiger partial charge in [0, 0.05) is 31.1 Å². The lowest BCUT2D eigenvalue weighted by Crippen LogP contribution is -2.49. The summed E-state index contributed by atoms with van der Waals surface area (Å²) in [4.78, 5) is 9.90. The van der Waals surface area contributed by atoms with Crippen molar-refractivity contribution in [3.05, 3.63) is 15.6 Å². The number of aromatic nitrogens is 1. The molecule has 0 radical (unpaired) electrons. The number of nitrogens with zero attached hydrogens (tertiary/aromatic N) is 3. The number of nitrogens with one attached hydrogen (secondary N) is 2. The largest absolute Gasteiger partial charge is 0.354 e. The molecule has 1 aliphatic heterocycles. The number of sulfonamides is 1. The third kappa shape index (κ3) is 6.33. The van der Waals surface area contributed by atoms with E-state index in [-0.39, 0.29) is 35.8 Å². The number of hydrogen-bond donors (Lipinski definition) is 2. The molecule has 2 heterocycles. The smallest absolute Gasteiger partial charge is 0.213 e. The molecule has 1 saturated heterocycles. The third-order valence-electron chi connectivity index (χ3n) is 4.19. The number of halogens is 1. The van der Waals surface area contributed by atoms with Gasteiger partial charge in [0.2, 0.25) is 10.0 Å². The van der Waals surface area contributed by atoms with E-state index in [0.717, 1.165) is 29.5 Å². The molecule has 7 nitrogen and oxygen atoms in total. The Kier molecular flexibility index (Phi) is 9.05. The van der Waals surface area contributed by atoms with E-state index in [1.807, 2.05) is 13.8 Å². The second-order valence-corrected chi connectivity index (χ2v) is 9.43. The van der Waals surface area contributed by atoms with Gasteiger partial charge in [-0.15, -0.1) is 35.3 Å². The Balaban J connectivity index is 0.00000312. The predicted octanol–water partition coefficient (Wildman–Crippen LogP) is 1.86. The van der Waals surface area contributed by atoms with Crippen LogP contribution in [-0.4, -0.2) is 55.6 Å². The molecule has 0 bridgehead atoms. The number of guanidine groups is 1. The molecule has 2 rings (SSSR count). The van der Waals surface area contributed by atoms with Crippen LogP contribution in [0.15, 0.2) is 4.99 Å². The fourth-order valence-corrected chi connectivity index (χ4v) is 4.76. The first-order valence-corrected chi connectivity index (χ1v) is 10.7. The van der Waals surface area contributed by atoms with Gasteiger partial charge in [-0.2, -0.15) is 0 Å². The molecule has 0 unspecified atom stereocenters. The summed E-state index contributed by atoms with van der Waals surface area (Å²) < 4.78 is 25.4. The van der Waals surface area contributed by atoms with E-state index in [1.54, 1.807) is 29.6 Å². The minimum absolute atomic E-state index is 0. The molecule has 0 spiro atoms. The lowest BCUT2D eigenvalue weighted by molar-refractivity contribution is 0.306. The minimum Gasteiger partial charge on any atom is -0.354 e. The van der Waals surface area contributed by atoms with Gasteiger partial charge >= 0.3 is 0 Å². The Morgan fingerprint density at radius 2 is 2.00 bits per heavy atom. The molecule has 0 aliphatic carbocycles. The molecule has 0 saturated carbocycles. The van der Waals surface area contributed by atoms with E-state index in [9.17, 15) is 8.42 Å². The van der Waals surface area contributed by atoms with Gasteiger partial charge in [0.15, 0.2) is 5.96 Å². The van der Waals surface area contributed by atoms with Crippen molar-refractivity contribution in [2.75, 3.05) is 25.9 Å². The normalized spacial score (nSPS) is 17.2. The highest BCUT2D eigenvalue weighted by atomic mass is 127. The number of rotatable bonds is 5. The molecular weight excluding hydrogens is 473 g/mol. The number of piperidine rings is 1. The van der Waals surface area contributed by atoms with Gasteiger partial charge in [-0.1, -0.05) is 0 Å². The highest BCUT2D eigenvalue weighted by molar-refractivity contribution is 14.0. The first-order chi connectivity index (χ1) is 11.4. The summed E-state index contributed by atoms with van der Waals surface area (Å²) in [6.45, 7) is 7.54. The Morgan fingerprint density at radius 3 is 2.48 bits per heavy atom. The number of aryl methyl sites for hydroxylation is 2.